The van der Waals surface area contributed by atoms with Gasteiger partial charge in [0, 0.05) is 26.2 Å². The van der Waals surface area contributed by atoms with Gasteiger partial charge < -0.3 is 20.1 Å². The Hall–Kier alpha value is -0.160. The van der Waals surface area contributed by atoms with Crippen molar-refractivity contribution in [3.05, 3.63) is 0 Å². The van der Waals surface area contributed by atoms with E-state index in [1.807, 2.05) is 0 Å². The van der Waals surface area contributed by atoms with Gasteiger partial charge in [0.2, 0.25) is 0 Å². The monoisotopic (exact) mass is 256 g/mol. The predicted molar refractivity (Wildman–Crippen MR) is 72.7 cm³/mol. The van der Waals surface area contributed by atoms with E-state index in [2.05, 4.69) is 17.3 Å². The number of rotatable bonds is 6. The Kier molecular flexibility index (Phi) is 5.89. The fourth-order valence-corrected chi connectivity index (χ4v) is 3.12. The molecule has 0 aromatic carbocycles. The molecule has 0 radical (unpaired) electrons. The van der Waals surface area contributed by atoms with Crippen molar-refractivity contribution in [2.24, 2.45) is 5.92 Å². The molecule has 106 valence electrons. The predicted octanol–water partition coefficient (Wildman–Crippen LogP) is 0.848. The van der Waals surface area contributed by atoms with Crippen molar-refractivity contribution in [2.75, 3.05) is 39.8 Å². The third-order valence-electron chi connectivity index (χ3n) is 4.17. The molecule has 0 aromatic heterocycles. The van der Waals surface area contributed by atoms with Gasteiger partial charge in [-0.1, -0.05) is 25.7 Å². The number of hydrogen-bond donors (Lipinski definition) is 2. The first-order chi connectivity index (χ1) is 8.74. The van der Waals surface area contributed by atoms with Gasteiger partial charge in [0.05, 0.1) is 18.8 Å². The van der Waals surface area contributed by atoms with Crippen molar-refractivity contribution in [1.29, 1.82) is 0 Å². The van der Waals surface area contributed by atoms with Gasteiger partial charge in [-0.15, -0.1) is 0 Å². The van der Waals surface area contributed by atoms with Gasteiger partial charge in [0.25, 0.3) is 0 Å². The number of hydrogen-bond acceptors (Lipinski definition) is 4. The van der Waals surface area contributed by atoms with Crippen LogP contribution in [-0.4, -0.2) is 62.0 Å². The van der Waals surface area contributed by atoms with Crippen LogP contribution in [0.25, 0.3) is 0 Å². The van der Waals surface area contributed by atoms with Crippen molar-refractivity contribution in [1.82, 2.24) is 10.2 Å². The molecule has 1 saturated carbocycles. The summed E-state index contributed by atoms with van der Waals surface area (Å²) < 4.78 is 5.68. The summed E-state index contributed by atoms with van der Waals surface area (Å²) in [5.41, 5.74) is 0. The van der Waals surface area contributed by atoms with E-state index in [9.17, 15) is 5.11 Å². The van der Waals surface area contributed by atoms with Crippen molar-refractivity contribution >= 4 is 0 Å². The molecule has 0 spiro atoms. The van der Waals surface area contributed by atoms with E-state index in [-0.39, 0.29) is 12.2 Å². The molecule has 18 heavy (non-hydrogen) atoms. The number of aliphatic hydroxyl groups excluding tert-OH is 1. The van der Waals surface area contributed by atoms with Gasteiger partial charge in [0.15, 0.2) is 0 Å². The molecule has 2 rings (SSSR count). The molecular weight excluding hydrogens is 228 g/mol. The van der Waals surface area contributed by atoms with Crippen LogP contribution in [0.3, 0.4) is 0 Å². The maximum atomic E-state index is 9.98. The summed E-state index contributed by atoms with van der Waals surface area (Å²) in [7, 11) is 2.13. The van der Waals surface area contributed by atoms with Crippen LogP contribution in [0.1, 0.15) is 32.1 Å². The zero-order valence-electron chi connectivity index (χ0n) is 11.6. The molecule has 2 N–H and O–H groups in total. The second-order valence-electron chi connectivity index (χ2n) is 5.95. The molecule has 2 aliphatic rings. The second kappa shape index (κ2) is 7.43. The van der Waals surface area contributed by atoms with Crippen LogP contribution >= 0.6 is 0 Å². The fourth-order valence-electron chi connectivity index (χ4n) is 3.12. The summed E-state index contributed by atoms with van der Waals surface area (Å²) >= 11 is 0. The number of nitrogens with zero attached hydrogens (tertiary/aromatic N) is 1. The molecule has 1 saturated heterocycles. The van der Waals surface area contributed by atoms with E-state index in [1.165, 1.54) is 25.7 Å². The third-order valence-corrected chi connectivity index (χ3v) is 4.17. The molecule has 1 aliphatic heterocycles. The molecular formula is C14H28N2O2. The summed E-state index contributed by atoms with van der Waals surface area (Å²) in [6.45, 7) is 4.41. The summed E-state index contributed by atoms with van der Waals surface area (Å²) in [5.74, 6) is 0.763. The zero-order chi connectivity index (χ0) is 12.8. The molecule has 0 amide bonds. The van der Waals surface area contributed by atoms with E-state index in [0.29, 0.717) is 6.54 Å². The summed E-state index contributed by atoms with van der Waals surface area (Å²) in [6, 6.07) is 0. The number of morpholine rings is 1. The van der Waals surface area contributed by atoms with E-state index < -0.39 is 0 Å². The Balaban J connectivity index is 1.53. The normalized spacial score (nSPS) is 28.7. The molecule has 1 heterocycles. The fraction of sp³-hybridized carbons (Fsp3) is 1.00. The second-order valence-corrected chi connectivity index (χ2v) is 5.95. The zero-order valence-corrected chi connectivity index (χ0v) is 11.6. The van der Waals surface area contributed by atoms with Gasteiger partial charge in [-0.05, 0) is 19.4 Å². The lowest BCUT2D eigenvalue weighted by molar-refractivity contribution is -0.0193. The van der Waals surface area contributed by atoms with Gasteiger partial charge in [-0.2, -0.15) is 0 Å². The maximum absolute atomic E-state index is 9.98. The maximum Gasteiger partial charge on any atom is 0.0826 e. The number of ether oxygens (including phenoxy) is 1. The average molecular weight is 256 g/mol. The van der Waals surface area contributed by atoms with Crippen LogP contribution in [0.5, 0.6) is 0 Å². The molecule has 4 heteroatoms. The summed E-state index contributed by atoms with van der Waals surface area (Å²) in [5, 5.41) is 13.3. The first-order valence-corrected chi connectivity index (χ1v) is 7.43. The Morgan fingerprint density at radius 1 is 1.39 bits per heavy atom. The van der Waals surface area contributed by atoms with Crippen molar-refractivity contribution in [2.45, 2.75) is 44.3 Å². The van der Waals surface area contributed by atoms with Crippen LogP contribution in [0, 0.1) is 5.92 Å². The Morgan fingerprint density at radius 3 is 2.89 bits per heavy atom. The molecule has 2 fully saturated rings. The molecule has 0 aromatic rings. The van der Waals surface area contributed by atoms with Crippen molar-refractivity contribution in [3.63, 3.8) is 0 Å². The molecule has 4 nitrogen and oxygen atoms in total. The Bertz CT molecular complexity index is 232. The van der Waals surface area contributed by atoms with Crippen LogP contribution in [0.2, 0.25) is 0 Å². The highest BCUT2D eigenvalue weighted by Gasteiger charge is 2.20. The van der Waals surface area contributed by atoms with Crippen molar-refractivity contribution in [3.8, 4) is 0 Å². The largest absolute Gasteiger partial charge is 0.392 e. The van der Waals surface area contributed by atoms with E-state index in [4.69, 9.17) is 4.74 Å². The lowest BCUT2D eigenvalue weighted by Gasteiger charge is -2.30. The number of likely N-dealkylation sites (N-methyl/N-ethyl adjacent to an activating group) is 1. The third kappa shape index (κ3) is 4.84. The first kappa shape index (κ1) is 14.3. The van der Waals surface area contributed by atoms with E-state index >= 15 is 0 Å². The smallest absolute Gasteiger partial charge is 0.0826 e. The molecule has 0 bridgehead atoms. The van der Waals surface area contributed by atoms with Gasteiger partial charge in [0.1, 0.15) is 0 Å². The van der Waals surface area contributed by atoms with Crippen LogP contribution in [0.4, 0.5) is 0 Å². The van der Waals surface area contributed by atoms with Gasteiger partial charge in [-0.3, -0.25) is 0 Å². The molecule has 2 unspecified atom stereocenters. The standard InChI is InChI=1S/C14H28N2O2/c1-16-6-7-18-14(11-16)10-15-9-13(17)8-12-4-2-3-5-12/h12-15,17H,2-11H2,1H3. The van der Waals surface area contributed by atoms with E-state index in [1.54, 1.807) is 0 Å². The molecule has 2 atom stereocenters. The highest BCUT2D eigenvalue weighted by Crippen LogP contribution is 2.28. The van der Waals surface area contributed by atoms with Crippen LogP contribution in [-0.2, 0) is 4.74 Å². The average Bonchev–Trinajstić information content (AvgIpc) is 2.82. The van der Waals surface area contributed by atoms with Gasteiger partial charge in [-0.25, -0.2) is 0 Å². The quantitative estimate of drug-likeness (QED) is 0.739. The lowest BCUT2D eigenvalue weighted by atomic mass is 10.00. The van der Waals surface area contributed by atoms with Crippen molar-refractivity contribution < 1.29 is 9.84 Å². The SMILES string of the molecule is CN1CCOC(CNCC(O)CC2CCCC2)C1. The highest BCUT2D eigenvalue weighted by atomic mass is 16.5. The van der Waals surface area contributed by atoms with Gasteiger partial charge >= 0.3 is 0 Å². The minimum Gasteiger partial charge on any atom is -0.392 e. The van der Waals surface area contributed by atoms with Crippen LogP contribution in [0.15, 0.2) is 0 Å². The summed E-state index contributed by atoms with van der Waals surface area (Å²) in [4.78, 5) is 2.30. The van der Waals surface area contributed by atoms with E-state index in [0.717, 1.165) is 38.6 Å². The number of nitrogens with one attached hydrogen (secondary N) is 1. The lowest BCUT2D eigenvalue weighted by Crippen LogP contribution is -2.45. The van der Waals surface area contributed by atoms with Crippen LogP contribution < -0.4 is 5.32 Å². The first-order valence-electron chi connectivity index (χ1n) is 7.43. The Labute approximate surface area is 111 Å². The summed E-state index contributed by atoms with van der Waals surface area (Å²) in [6.07, 6.45) is 6.40. The molecule has 1 aliphatic carbocycles. The minimum absolute atomic E-state index is 0.186. The minimum atomic E-state index is -0.186. The Morgan fingerprint density at radius 2 is 2.17 bits per heavy atom. The highest BCUT2D eigenvalue weighted by molar-refractivity contribution is 4.75. The topological polar surface area (TPSA) is 44.7 Å². The number of aliphatic hydroxyl groups is 1.